The second-order valence-corrected chi connectivity index (χ2v) is 13.3. The van der Waals surface area contributed by atoms with Crippen LogP contribution in [0.4, 0.5) is 0 Å². The van der Waals surface area contributed by atoms with Crippen molar-refractivity contribution in [2.75, 3.05) is 33.5 Å². The zero-order chi connectivity index (χ0) is 28.5. The lowest BCUT2D eigenvalue weighted by Gasteiger charge is -2.39. The van der Waals surface area contributed by atoms with Gasteiger partial charge >= 0.3 is 17.9 Å². The summed E-state index contributed by atoms with van der Waals surface area (Å²) in [7, 11) is -2.48. The van der Waals surface area contributed by atoms with Crippen molar-refractivity contribution in [2.24, 2.45) is 22.2 Å². The van der Waals surface area contributed by atoms with Gasteiger partial charge in [0.25, 0.3) is 10.1 Å². The van der Waals surface area contributed by atoms with Crippen LogP contribution < -0.4 is 0 Å². The minimum absolute atomic E-state index is 0.000562. The average molecular weight is 551 g/mol. The molecule has 1 fully saturated rings. The standard InChI is InChI=1S/C26H46O10S/c1-8-25(5,18-26(6,23(30)34-14-13-27)17-24(3,4)21(28)33-7)22(29)35-15-16-36-37(31,32)20-11-9-19(2)10-12-20/h19-20,27H,8-18H2,1-7H3. The van der Waals surface area contributed by atoms with E-state index < -0.39 is 49.5 Å². The van der Waals surface area contributed by atoms with Crippen molar-refractivity contribution in [3.05, 3.63) is 0 Å². The molecule has 37 heavy (non-hydrogen) atoms. The monoisotopic (exact) mass is 550 g/mol. The second-order valence-electron chi connectivity index (χ2n) is 11.4. The molecular weight excluding hydrogens is 504 g/mol. The van der Waals surface area contributed by atoms with E-state index in [9.17, 15) is 22.8 Å². The van der Waals surface area contributed by atoms with Gasteiger partial charge in [-0.05, 0) is 78.6 Å². The van der Waals surface area contributed by atoms with E-state index in [0.717, 1.165) is 12.8 Å². The van der Waals surface area contributed by atoms with E-state index >= 15 is 0 Å². The first-order valence-corrected chi connectivity index (χ1v) is 14.5. The Hall–Kier alpha value is -1.72. The fourth-order valence-electron chi connectivity index (χ4n) is 5.12. The predicted molar refractivity (Wildman–Crippen MR) is 137 cm³/mol. The molecule has 1 saturated carbocycles. The van der Waals surface area contributed by atoms with E-state index in [0.29, 0.717) is 25.2 Å². The molecule has 11 heteroatoms. The molecule has 0 radical (unpaired) electrons. The van der Waals surface area contributed by atoms with Crippen LogP contribution in [0.25, 0.3) is 0 Å². The highest BCUT2D eigenvalue weighted by Crippen LogP contribution is 2.45. The molecule has 0 amide bonds. The Morgan fingerprint density at radius 2 is 1.38 bits per heavy atom. The van der Waals surface area contributed by atoms with Crippen molar-refractivity contribution in [2.45, 2.75) is 91.7 Å². The Morgan fingerprint density at radius 1 is 0.838 bits per heavy atom. The first kappa shape index (κ1) is 33.3. The van der Waals surface area contributed by atoms with Gasteiger partial charge in [0.15, 0.2) is 0 Å². The minimum Gasteiger partial charge on any atom is -0.469 e. The molecule has 0 aromatic carbocycles. The first-order valence-electron chi connectivity index (χ1n) is 13.0. The van der Waals surface area contributed by atoms with Crippen molar-refractivity contribution in [1.82, 2.24) is 0 Å². The Kier molecular flexibility index (Phi) is 12.5. The summed E-state index contributed by atoms with van der Waals surface area (Å²) in [4.78, 5) is 38.5. The van der Waals surface area contributed by atoms with Crippen LogP contribution in [-0.2, 0) is 42.9 Å². The van der Waals surface area contributed by atoms with Crippen LogP contribution in [0.15, 0.2) is 0 Å². The van der Waals surface area contributed by atoms with Gasteiger partial charge in [-0.2, -0.15) is 8.42 Å². The molecule has 1 aliphatic carbocycles. The number of methoxy groups -OCH3 is 1. The van der Waals surface area contributed by atoms with E-state index in [2.05, 4.69) is 6.92 Å². The largest absolute Gasteiger partial charge is 0.469 e. The van der Waals surface area contributed by atoms with Crippen LogP contribution in [0.2, 0.25) is 0 Å². The molecule has 2 atom stereocenters. The van der Waals surface area contributed by atoms with Crippen LogP contribution in [0, 0.1) is 22.2 Å². The number of rotatable bonds is 15. The zero-order valence-electron chi connectivity index (χ0n) is 23.5. The fourth-order valence-corrected chi connectivity index (χ4v) is 6.46. The lowest BCUT2D eigenvalue weighted by molar-refractivity contribution is -0.169. The van der Waals surface area contributed by atoms with Gasteiger partial charge in [0, 0.05) is 0 Å². The van der Waals surface area contributed by atoms with E-state index in [1.54, 1.807) is 34.6 Å². The number of aliphatic hydroxyl groups excluding tert-OH is 1. The molecule has 0 bridgehead atoms. The molecule has 0 heterocycles. The van der Waals surface area contributed by atoms with Crippen molar-refractivity contribution in [3.63, 3.8) is 0 Å². The minimum atomic E-state index is -3.74. The summed E-state index contributed by atoms with van der Waals surface area (Å²) in [6, 6.07) is 0. The summed E-state index contributed by atoms with van der Waals surface area (Å²) in [6.07, 6.45) is 3.13. The predicted octanol–water partition coefficient (Wildman–Crippen LogP) is 3.39. The van der Waals surface area contributed by atoms with Gasteiger partial charge in [0.1, 0.15) is 19.8 Å². The zero-order valence-corrected chi connectivity index (χ0v) is 24.3. The number of carbonyl (C=O) groups excluding carboxylic acids is 3. The van der Waals surface area contributed by atoms with E-state index in [1.807, 2.05) is 0 Å². The number of aliphatic hydroxyl groups is 1. The van der Waals surface area contributed by atoms with Crippen LogP contribution in [0.5, 0.6) is 0 Å². The Morgan fingerprint density at radius 3 is 1.89 bits per heavy atom. The summed E-state index contributed by atoms with van der Waals surface area (Å²) < 4.78 is 45.6. The fraction of sp³-hybridized carbons (Fsp3) is 0.885. The summed E-state index contributed by atoms with van der Waals surface area (Å²) in [5.74, 6) is -1.27. The molecule has 1 N–H and O–H groups in total. The molecule has 216 valence electrons. The van der Waals surface area contributed by atoms with Crippen molar-refractivity contribution in [1.29, 1.82) is 0 Å². The summed E-state index contributed by atoms with van der Waals surface area (Å²) >= 11 is 0. The second kappa shape index (κ2) is 13.9. The van der Waals surface area contributed by atoms with Crippen LogP contribution in [-0.4, -0.2) is 70.2 Å². The average Bonchev–Trinajstić information content (AvgIpc) is 2.84. The third-order valence-electron chi connectivity index (χ3n) is 7.38. The summed E-state index contributed by atoms with van der Waals surface area (Å²) in [5.41, 5.74) is -3.48. The highest BCUT2D eigenvalue weighted by molar-refractivity contribution is 7.87. The number of hydrogen-bond acceptors (Lipinski definition) is 10. The molecule has 1 aliphatic rings. The Labute approximate surface area is 221 Å². The molecule has 0 saturated heterocycles. The van der Waals surface area contributed by atoms with Crippen molar-refractivity contribution >= 4 is 28.0 Å². The smallest absolute Gasteiger partial charge is 0.311 e. The third-order valence-corrected chi connectivity index (χ3v) is 9.16. The number of carbonyl (C=O) groups is 3. The van der Waals surface area contributed by atoms with Crippen LogP contribution in [0.3, 0.4) is 0 Å². The van der Waals surface area contributed by atoms with Gasteiger partial charge in [-0.15, -0.1) is 0 Å². The van der Waals surface area contributed by atoms with Crippen LogP contribution in [0.1, 0.15) is 86.5 Å². The molecule has 0 aromatic heterocycles. The highest BCUT2D eigenvalue weighted by atomic mass is 32.2. The van der Waals surface area contributed by atoms with Gasteiger partial charge in [0.05, 0.1) is 35.2 Å². The van der Waals surface area contributed by atoms with E-state index in [-0.39, 0.29) is 39.3 Å². The Bertz CT molecular complexity index is 876. The third kappa shape index (κ3) is 9.51. The quantitative estimate of drug-likeness (QED) is 0.139. The van der Waals surface area contributed by atoms with Crippen molar-refractivity contribution < 1.29 is 46.3 Å². The molecule has 10 nitrogen and oxygen atoms in total. The number of hydrogen-bond donors (Lipinski definition) is 1. The maximum atomic E-state index is 13.1. The summed E-state index contributed by atoms with van der Waals surface area (Å²) in [6.45, 7) is 9.30. The normalized spacial score (nSPS) is 21.8. The topological polar surface area (TPSA) is 142 Å². The molecule has 0 aliphatic heterocycles. The van der Waals surface area contributed by atoms with Gasteiger partial charge < -0.3 is 19.3 Å². The van der Waals surface area contributed by atoms with E-state index in [4.69, 9.17) is 23.5 Å². The van der Waals surface area contributed by atoms with Crippen LogP contribution >= 0.6 is 0 Å². The maximum absolute atomic E-state index is 13.1. The molecular formula is C26H46O10S. The molecule has 2 unspecified atom stereocenters. The van der Waals surface area contributed by atoms with Gasteiger partial charge in [-0.3, -0.25) is 18.6 Å². The highest BCUT2D eigenvalue weighted by Gasteiger charge is 2.49. The molecule has 0 spiro atoms. The summed E-state index contributed by atoms with van der Waals surface area (Å²) in [5, 5.41) is 8.56. The van der Waals surface area contributed by atoms with Gasteiger partial charge in [-0.1, -0.05) is 13.8 Å². The lowest BCUT2D eigenvalue weighted by Crippen LogP contribution is -2.44. The maximum Gasteiger partial charge on any atom is 0.311 e. The lowest BCUT2D eigenvalue weighted by atomic mass is 9.65. The SMILES string of the molecule is CCC(C)(CC(C)(CC(C)(C)C(=O)OC)C(=O)OCCO)C(=O)OCCOS(=O)(=O)C1CCC(C)CC1. The number of ether oxygens (including phenoxy) is 3. The number of esters is 3. The first-order chi connectivity index (χ1) is 17.1. The van der Waals surface area contributed by atoms with Crippen molar-refractivity contribution in [3.8, 4) is 0 Å². The van der Waals surface area contributed by atoms with E-state index in [1.165, 1.54) is 7.11 Å². The molecule has 1 rings (SSSR count). The van der Waals surface area contributed by atoms with Gasteiger partial charge in [0.2, 0.25) is 0 Å². The Balaban J connectivity index is 2.90. The molecule has 0 aromatic rings. The van der Waals surface area contributed by atoms with Gasteiger partial charge in [-0.25, -0.2) is 0 Å².